The first-order valence-electron chi connectivity index (χ1n) is 9.15. The highest BCUT2D eigenvalue weighted by Crippen LogP contribution is 2.32. The Balaban J connectivity index is 1.61. The van der Waals surface area contributed by atoms with Crippen LogP contribution in [0.4, 0.5) is 0 Å². The van der Waals surface area contributed by atoms with Gasteiger partial charge in [-0.3, -0.25) is 9.59 Å². The van der Waals surface area contributed by atoms with E-state index in [-0.39, 0.29) is 18.6 Å². The first-order valence-corrected chi connectivity index (χ1v) is 9.15. The topological polar surface area (TPSA) is 98.2 Å². The van der Waals surface area contributed by atoms with Crippen LogP contribution >= 0.6 is 0 Å². The number of hydrogen-bond donors (Lipinski definition) is 2. The van der Waals surface area contributed by atoms with Crippen molar-refractivity contribution in [3.8, 4) is 17.2 Å². The summed E-state index contributed by atoms with van der Waals surface area (Å²) in [5.41, 5.74) is 3.67. The second-order valence-electron chi connectivity index (χ2n) is 6.77. The number of nitrogens with one attached hydrogen (secondary N) is 2. The number of hydrazone groups is 1. The van der Waals surface area contributed by atoms with Crippen molar-refractivity contribution in [2.45, 2.75) is 19.9 Å². The number of carbonyl (C=O) groups is 2. The number of rotatable bonds is 7. The van der Waals surface area contributed by atoms with Gasteiger partial charge in [-0.25, -0.2) is 5.43 Å². The van der Waals surface area contributed by atoms with Gasteiger partial charge in [-0.15, -0.1) is 0 Å². The molecule has 1 heterocycles. The number of fused-ring (bicyclic) bond motifs is 1. The molecule has 0 saturated heterocycles. The number of ether oxygens (including phenoxy) is 3. The largest absolute Gasteiger partial charge is 0.497 e. The molecular formula is C21H23N3O5. The number of hydrogen-bond acceptors (Lipinski definition) is 6. The summed E-state index contributed by atoms with van der Waals surface area (Å²) in [6.07, 6.45) is 1.52. The molecule has 1 aliphatic heterocycles. The van der Waals surface area contributed by atoms with Crippen molar-refractivity contribution < 1.29 is 23.8 Å². The van der Waals surface area contributed by atoms with Crippen molar-refractivity contribution in [2.24, 2.45) is 11.0 Å². The minimum Gasteiger partial charge on any atom is -0.497 e. The lowest BCUT2D eigenvalue weighted by atomic mass is 10.0. The fourth-order valence-corrected chi connectivity index (χ4v) is 2.73. The predicted octanol–water partition coefficient (Wildman–Crippen LogP) is 2.33. The molecule has 2 N–H and O–H groups in total. The van der Waals surface area contributed by atoms with E-state index in [1.54, 1.807) is 37.4 Å². The van der Waals surface area contributed by atoms with Gasteiger partial charge in [0.15, 0.2) is 11.5 Å². The summed E-state index contributed by atoms with van der Waals surface area (Å²) in [6, 6.07) is 11.4. The van der Waals surface area contributed by atoms with Gasteiger partial charge in [-0.2, -0.15) is 5.10 Å². The van der Waals surface area contributed by atoms with Crippen LogP contribution in [-0.2, 0) is 4.79 Å². The van der Waals surface area contributed by atoms with Crippen molar-refractivity contribution in [1.29, 1.82) is 0 Å². The van der Waals surface area contributed by atoms with Gasteiger partial charge in [0.2, 0.25) is 6.79 Å². The van der Waals surface area contributed by atoms with Gasteiger partial charge in [0.05, 0.1) is 13.3 Å². The molecule has 2 aromatic rings. The molecule has 2 amide bonds. The summed E-state index contributed by atoms with van der Waals surface area (Å²) in [5, 5.41) is 6.72. The van der Waals surface area contributed by atoms with Crippen LogP contribution in [0, 0.1) is 5.92 Å². The highest BCUT2D eigenvalue weighted by molar-refractivity contribution is 5.98. The second-order valence-corrected chi connectivity index (χ2v) is 6.77. The molecule has 0 radical (unpaired) electrons. The van der Waals surface area contributed by atoms with Crippen LogP contribution in [0.2, 0.25) is 0 Å². The lowest BCUT2D eigenvalue weighted by molar-refractivity contribution is -0.123. The van der Waals surface area contributed by atoms with Crippen LogP contribution in [0.25, 0.3) is 0 Å². The Hall–Kier alpha value is -3.55. The first kappa shape index (κ1) is 20.2. The molecule has 8 heteroatoms. The van der Waals surface area contributed by atoms with E-state index in [4.69, 9.17) is 14.2 Å². The van der Waals surface area contributed by atoms with E-state index >= 15 is 0 Å². The molecular weight excluding hydrogens is 374 g/mol. The molecule has 29 heavy (non-hydrogen) atoms. The molecule has 0 aliphatic carbocycles. The van der Waals surface area contributed by atoms with Gasteiger partial charge in [0.25, 0.3) is 11.8 Å². The van der Waals surface area contributed by atoms with Crippen LogP contribution < -0.4 is 25.0 Å². The Bertz CT molecular complexity index is 909. The van der Waals surface area contributed by atoms with Crippen LogP contribution in [0.1, 0.15) is 29.8 Å². The van der Waals surface area contributed by atoms with Crippen molar-refractivity contribution >= 4 is 18.0 Å². The average Bonchev–Trinajstić information content (AvgIpc) is 3.19. The number of amides is 2. The Morgan fingerprint density at radius 1 is 1.10 bits per heavy atom. The minimum atomic E-state index is -0.749. The Kier molecular flexibility index (Phi) is 6.33. The Labute approximate surface area is 168 Å². The SMILES string of the molecule is COc1ccc(/C=N/NC(=O)C(NC(=O)c2ccc3c(c2)OCO3)C(C)C)cc1. The Morgan fingerprint density at radius 3 is 2.52 bits per heavy atom. The Morgan fingerprint density at radius 2 is 1.83 bits per heavy atom. The summed E-state index contributed by atoms with van der Waals surface area (Å²) < 4.78 is 15.6. The maximum atomic E-state index is 12.6. The van der Waals surface area contributed by atoms with E-state index in [9.17, 15) is 9.59 Å². The van der Waals surface area contributed by atoms with Gasteiger partial charge < -0.3 is 19.5 Å². The van der Waals surface area contributed by atoms with Crippen LogP contribution in [0.3, 0.4) is 0 Å². The molecule has 1 atom stereocenters. The molecule has 0 spiro atoms. The number of carbonyl (C=O) groups excluding carboxylic acids is 2. The van der Waals surface area contributed by atoms with Crippen molar-refractivity contribution in [3.63, 3.8) is 0 Å². The molecule has 1 unspecified atom stereocenters. The molecule has 2 aromatic carbocycles. The zero-order chi connectivity index (χ0) is 20.8. The summed E-state index contributed by atoms with van der Waals surface area (Å²) in [7, 11) is 1.59. The van der Waals surface area contributed by atoms with Gasteiger partial charge >= 0.3 is 0 Å². The van der Waals surface area contributed by atoms with E-state index in [0.717, 1.165) is 11.3 Å². The normalized spacial score (nSPS) is 13.4. The molecule has 152 valence electrons. The number of nitrogens with zero attached hydrogens (tertiary/aromatic N) is 1. The maximum Gasteiger partial charge on any atom is 0.262 e. The van der Waals surface area contributed by atoms with Gasteiger partial charge in [-0.05, 0) is 53.9 Å². The lowest BCUT2D eigenvalue weighted by Gasteiger charge is -2.20. The van der Waals surface area contributed by atoms with E-state index in [1.165, 1.54) is 6.21 Å². The lowest BCUT2D eigenvalue weighted by Crippen LogP contribution is -2.48. The van der Waals surface area contributed by atoms with Crippen LogP contribution in [0.15, 0.2) is 47.6 Å². The monoisotopic (exact) mass is 397 g/mol. The first-order chi connectivity index (χ1) is 14.0. The van der Waals surface area contributed by atoms with Gasteiger partial charge in [0.1, 0.15) is 11.8 Å². The third-order valence-corrected chi connectivity index (χ3v) is 4.37. The zero-order valence-electron chi connectivity index (χ0n) is 16.5. The summed E-state index contributed by atoms with van der Waals surface area (Å²) in [4.78, 5) is 25.1. The fraction of sp³-hybridized carbons (Fsp3) is 0.286. The van der Waals surface area contributed by atoms with E-state index in [2.05, 4.69) is 15.8 Å². The fourth-order valence-electron chi connectivity index (χ4n) is 2.73. The quantitative estimate of drug-likeness (QED) is 0.552. The zero-order valence-corrected chi connectivity index (χ0v) is 16.5. The van der Waals surface area contributed by atoms with Crippen LogP contribution in [-0.4, -0.2) is 38.0 Å². The summed E-state index contributed by atoms with van der Waals surface area (Å²) >= 11 is 0. The molecule has 0 saturated carbocycles. The summed E-state index contributed by atoms with van der Waals surface area (Å²) in [5.74, 6) is 0.913. The predicted molar refractivity (Wildman–Crippen MR) is 107 cm³/mol. The standard InChI is InChI=1S/C21H23N3O5/c1-13(2)19(21(26)24-22-11-14-4-7-16(27-3)8-5-14)23-20(25)15-6-9-17-18(10-15)29-12-28-17/h4-11,13,19H,12H2,1-3H3,(H,23,25)(H,24,26)/b22-11+. The third-order valence-electron chi connectivity index (χ3n) is 4.37. The molecule has 0 fully saturated rings. The number of methoxy groups -OCH3 is 1. The average molecular weight is 397 g/mol. The van der Waals surface area contributed by atoms with Crippen molar-refractivity contribution in [3.05, 3.63) is 53.6 Å². The van der Waals surface area contributed by atoms with Crippen LogP contribution in [0.5, 0.6) is 17.2 Å². The van der Waals surface area contributed by atoms with Crippen molar-refractivity contribution in [1.82, 2.24) is 10.7 Å². The molecule has 0 bridgehead atoms. The molecule has 8 nitrogen and oxygen atoms in total. The molecule has 1 aliphatic rings. The van der Waals surface area contributed by atoms with Crippen molar-refractivity contribution in [2.75, 3.05) is 13.9 Å². The molecule has 0 aromatic heterocycles. The summed E-state index contributed by atoms with van der Waals surface area (Å²) in [6.45, 7) is 3.82. The number of benzene rings is 2. The molecule has 3 rings (SSSR count). The van der Waals surface area contributed by atoms with Gasteiger partial charge in [0, 0.05) is 5.56 Å². The maximum absolute atomic E-state index is 12.6. The van der Waals surface area contributed by atoms with E-state index in [0.29, 0.717) is 17.1 Å². The minimum absolute atomic E-state index is 0.129. The smallest absolute Gasteiger partial charge is 0.262 e. The van der Waals surface area contributed by atoms with E-state index in [1.807, 2.05) is 26.0 Å². The third kappa shape index (κ3) is 5.04. The van der Waals surface area contributed by atoms with E-state index < -0.39 is 11.9 Å². The van der Waals surface area contributed by atoms with Gasteiger partial charge in [-0.1, -0.05) is 13.8 Å². The second kappa shape index (κ2) is 9.09. The highest BCUT2D eigenvalue weighted by Gasteiger charge is 2.25. The highest BCUT2D eigenvalue weighted by atomic mass is 16.7.